The van der Waals surface area contributed by atoms with E-state index in [2.05, 4.69) is 6.58 Å². The zero-order valence-electron chi connectivity index (χ0n) is 16.6. The molecule has 0 aromatic heterocycles. The van der Waals surface area contributed by atoms with Crippen molar-refractivity contribution in [1.82, 2.24) is 4.31 Å². The second-order valence-corrected chi connectivity index (χ2v) is 8.55. The summed E-state index contributed by atoms with van der Waals surface area (Å²) in [4.78, 5) is 37.7. The molecule has 1 aliphatic rings. The molecule has 1 unspecified atom stereocenters. The quantitative estimate of drug-likeness (QED) is 0.281. The average Bonchev–Trinajstić information content (AvgIpc) is 3.01. The van der Waals surface area contributed by atoms with Crippen molar-refractivity contribution in [2.75, 3.05) is 24.3 Å². The zero-order valence-corrected chi connectivity index (χ0v) is 17.4. The highest BCUT2D eigenvalue weighted by Gasteiger charge is 2.41. The molecule has 2 aromatic carbocycles. The van der Waals surface area contributed by atoms with Crippen molar-refractivity contribution < 1.29 is 32.6 Å². The third-order valence-corrected chi connectivity index (χ3v) is 5.62. The van der Waals surface area contributed by atoms with E-state index in [9.17, 15) is 27.9 Å². The van der Waals surface area contributed by atoms with E-state index in [1.165, 1.54) is 23.1 Å². The van der Waals surface area contributed by atoms with Crippen LogP contribution < -0.4 is 4.90 Å². The predicted molar refractivity (Wildman–Crippen MR) is 112 cm³/mol. The number of ether oxygens (including phenoxy) is 1. The van der Waals surface area contributed by atoms with E-state index in [1.807, 2.05) is 0 Å². The van der Waals surface area contributed by atoms with Crippen LogP contribution in [0, 0.1) is 0 Å². The standard InChI is InChI=1S/C21H20N2O7S/c1-3-18(24)30-12-11-22(15-7-5-4-6-8-15)19(25)14-9-10-16-17(13-14)21(27)23(20(16)26)31(2,28)29/h3-10,13,19,25H,1,11-12H2,2H3. The summed E-state index contributed by atoms with van der Waals surface area (Å²) in [5.41, 5.74) is 0.704. The van der Waals surface area contributed by atoms with Gasteiger partial charge in [-0.15, -0.1) is 0 Å². The Morgan fingerprint density at radius 2 is 1.81 bits per heavy atom. The van der Waals surface area contributed by atoms with Gasteiger partial charge in [-0.1, -0.05) is 30.8 Å². The number of sulfonamides is 1. The Labute approximate surface area is 179 Å². The molecule has 0 fully saturated rings. The third kappa shape index (κ3) is 4.49. The molecule has 0 saturated carbocycles. The first kappa shape index (κ1) is 22.2. The van der Waals surface area contributed by atoms with Crippen molar-refractivity contribution in [1.29, 1.82) is 0 Å². The van der Waals surface area contributed by atoms with Crippen LogP contribution in [0.1, 0.15) is 32.5 Å². The van der Waals surface area contributed by atoms with Gasteiger partial charge in [-0.2, -0.15) is 4.31 Å². The second kappa shape index (κ2) is 8.70. The number of para-hydroxylation sites is 1. The fraction of sp³-hybridized carbons (Fsp3) is 0.190. The minimum absolute atomic E-state index is 0.0407. The highest BCUT2D eigenvalue weighted by Crippen LogP contribution is 2.30. The number of anilines is 1. The van der Waals surface area contributed by atoms with E-state index in [4.69, 9.17) is 4.74 Å². The fourth-order valence-corrected chi connectivity index (χ4v) is 3.99. The first-order chi connectivity index (χ1) is 14.6. The number of hydrogen-bond acceptors (Lipinski definition) is 8. The van der Waals surface area contributed by atoms with Crippen molar-refractivity contribution in [3.05, 3.63) is 77.9 Å². The number of carbonyl (C=O) groups is 3. The summed E-state index contributed by atoms with van der Waals surface area (Å²) in [6.07, 6.45) is 0.525. The number of carbonyl (C=O) groups excluding carboxylic acids is 3. The van der Waals surface area contributed by atoms with Gasteiger partial charge in [-0.25, -0.2) is 13.2 Å². The summed E-state index contributed by atoms with van der Waals surface area (Å²) in [5.74, 6) is -2.51. The van der Waals surface area contributed by atoms with Crippen molar-refractivity contribution >= 4 is 33.5 Å². The smallest absolute Gasteiger partial charge is 0.330 e. The van der Waals surface area contributed by atoms with Crippen LogP contribution in [0.3, 0.4) is 0 Å². The van der Waals surface area contributed by atoms with Gasteiger partial charge in [0.25, 0.3) is 11.8 Å². The van der Waals surface area contributed by atoms with Gasteiger partial charge in [0, 0.05) is 17.3 Å². The van der Waals surface area contributed by atoms with Gasteiger partial charge in [0.05, 0.1) is 23.9 Å². The number of amides is 2. The summed E-state index contributed by atoms with van der Waals surface area (Å²) in [5, 5.41) is 11.0. The minimum atomic E-state index is -4.08. The molecular formula is C21H20N2O7S. The van der Waals surface area contributed by atoms with E-state index < -0.39 is 34.0 Å². The molecule has 3 rings (SSSR count). The maximum atomic E-state index is 12.5. The molecule has 1 aliphatic heterocycles. The second-order valence-electron chi connectivity index (χ2n) is 6.72. The molecule has 31 heavy (non-hydrogen) atoms. The summed E-state index contributed by atoms with van der Waals surface area (Å²) in [6.45, 7) is 3.40. The molecule has 10 heteroatoms. The van der Waals surface area contributed by atoms with Crippen LogP contribution in [0.25, 0.3) is 0 Å². The summed E-state index contributed by atoms with van der Waals surface area (Å²) >= 11 is 0. The molecule has 9 nitrogen and oxygen atoms in total. The molecule has 162 valence electrons. The zero-order chi connectivity index (χ0) is 22.8. The maximum absolute atomic E-state index is 12.5. The lowest BCUT2D eigenvalue weighted by molar-refractivity contribution is -0.137. The maximum Gasteiger partial charge on any atom is 0.330 e. The van der Waals surface area contributed by atoms with Gasteiger partial charge < -0.3 is 14.7 Å². The fourth-order valence-electron chi connectivity index (χ4n) is 3.19. The first-order valence-corrected chi connectivity index (χ1v) is 11.0. The average molecular weight is 444 g/mol. The summed E-state index contributed by atoms with van der Waals surface area (Å²) in [6, 6.07) is 12.8. The van der Waals surface area contributed by atoms with Crippen LogP contribution in [0.5, 0.6) is 0 Å². The molecule has 0 aliphatic carbocycles. The number of nitrogens with zero attached hydrogens (tertiary/aromatic N) is 2. The molecule has 0 spiro atoms. The molecule has 0 saturated heterocycles. The number of aliphatic hydroxyl groups is 1. The largest absolute Gasteiger partial charge is 0.461 e. The van der Waals surface area contributed by atoms with Gasteiger partial charge in [0.2, 0.25) is 10.0 Å². The minimum Gasteiger partial charge on any atom is -0.461 e. The Morgan fingerprint density at radius 1 is 1.16 bits per heavy atom. The van der Waals surface area contributed by atoms with Crippen LogP contribution in [-0.4, -0.2) is 55.0 Å². The Morgan fingerprint density at radius 3 is 2.42 bits per heavy atom. The van der Waals surface area contributed by atoms with E-state index in [0.717, 1.165) is 12.3 Å². The van der Waals surface area contributed by atoms with Crippen LogP contribution in [0.4, 0.5) is 5.69 Å². The lowest BCUT2D eigenvalue weighted by Crippen LogP contribution is -2.35. The molecule has 0 radical (unpaired) electrons. The molecule has 1 N–H and O–H groups in total. The number of aliphatic hydroxyl groups excluding tert-OH is 1. The number of imide groups is 1. The molecule has 0 bridgehead atoms. The van der Waals surface area contributed by atoms with E-state index in [-0.39, 0.29) is 34.1 Å². The highest BCUT2D eigenvalue weighted by atomic mass is 32.2. The van der Waals surface area contributed by atoms with Crippen molar-refractivity contribution in [2.24, 2.45) is 0 Å². The number of fused-ring (bicyclic) bond motifs is 1. The Hall–Kier alpha value is -3.50. The lowest BCUT2D eigenvalue weighted by Gasteiger charge is -2.30. The third-order valence-electron chi connectivity index (χ3n) is 4.63. The van der Waals surface area contributed by atoms with Gasteiger partial charge in [-0.05, 0) is 24.3 Å². The molecular weight excluding hydrogens is 424 g/mol. The SMILES string of the molecule is C=CC(=O)OCCN(c1ccccc1)C(O)c1ccc2c(c1)C(=O)N(S(C)(=O)=O)C2=O. The summed E-state index contributed by atoms with van der Waals surface area (Å²) in [7, 11) is -4.08. The number of rotatable bonds is 8. The van der Waals surface area contributed by atoms with Crippen LogP contribution in [0.15, 0.2) is 61.2 Å². The molecule has 2 amide bonds. The molecule has 2 aromatic rings. The highest BCUT2D eigenvalue weighted by molar-refractivity contribution is 7.89. The van der Waals surface area contributed by atoms with E-state index in [0.29, 0.717) is 5.69 Å². The number of benzene rings is 2. The topological polar surface area (TPSA) is 121 Å². The van der Waals surface area contributed by atoms with Crippen molar-refractivity contribution in [3.63, 3.8) is 0 Å². The normalized spacial score (nSPS) is 14.2. The lowest BCUT2D eigenvalue weighted by atomic mass is 10.0. The van der Waals surface area contributed by atoms with E-state index in [1.54, 1.807) is 30.3 Å². The van der Waals surface area contributed by atoms with Gasteiger partial charge in [0.15, 0.2) is 6.23 Å². The summed E-state index contributed by atoms with van der Waals surface area (Å²) < 4.78 is 28.8. The van der Waals surface area contributed by atoms with Crippen LogP contribution in [-0.2, 0) is 19.6 Å². The van der Waals surface area contributed by atoms with Crippen molar-refractivity contribution in [2.45, 2.75) is 6.23 Å². The van der Waals surface area contributed by atoms with Gasteiger partial charge in [-0.3, -0.25) is 9.59 Å². The van der Waals surface area contributed by atoms with E-state index >= 15 is 0 Å². The number of hydrogen-bond donors (Lipinski definition) is 1. The monoisotopic (exact) mass is 444 g/mol. The Kier molecular flexibility index (Phi) is 6.23. The van der Waals surface area contributed by atoms with Crippen LogP contribution in [0.2, 0.25) is 0 Å². The number of esters is 1. The van der Waals surface area contributed by atoms with Gasteiger partial charge >= 0.3 is 5.97 Å². The molecule has 1 heterocycles. The Balaban J connectivity index is 1.92. The predicted octanol–water partition coefficient (Wildman–Crippen LogP) is 1.47. The Bertz CT molecular complexity index is 1150. The van der Waals surface area contributed by atoms with Gasteiger partial charge in [0.1, 0.15) is 6.61 Å². The van der Waals surface area contributed by atoms with Crippen LogP contribution >= 0.6 is 0 Å². The molecule has 1 atom stereocenters. The van der Waals surface area contributed by atoms with Crippen molar-refractivity contribution in [3.8, 4) is 0 Å². The first-order valence-electron chi connectivity index (χ1n) is 9.17.